The molecule has 0 fully saturated rings. The molecular formula is C8H7ClFNO3S. The quantitative estimate of drug-likeness (QED) is 0.654. The third kappa shape index (κ3) is 3.17. The topological polar surface area (TPSA) is 63.2 Å². The number of hydrogen-bond acceptors (Lipinski definition) is 3. The third-order valence-electron chi connectivity index (χ3n) is 1.55. The Morgan fingerprint density at radius 3 is 2.53 bits per heavy atom. The molecule has 0 heterocycles. The van der Waals surface area contributed by atoms with Gasteiger partial charge in [-0.2, -0.15) is 8.42 Å². The highest BCUT2D eigenvalue weighted by molar-refractivity contribution is 7.86. The number of carbonyl (C=O) groups is 1. The van der Waals surface area contributed by atoms with Crippen LogP contribution in [-0.2, 0) is 15.0 Å². The standard InChI is InChI=1S/C8H7ClFNO3S/c9-5-8(12)11-6-3-1-2-4-7(6)15(10,13)14/h1-4H,5H2,(H,11,12). The van der Waals surface area contributed by atoms with Crippen molar-refractivity contribution in [1.29, 1.82) is 0 Å². The number of carbonyl (C=O) groups excluding carboxylic acids is 1. The van der Waals surface area contributed by atoms with Crippen LogP contribution in [-0.4, -0.2) is 20.2 Å². The molecule has 0 aliphatic carbocycles. The van der Waals surface area contributed by atoms with E-state index in [2.05, 4.69) is 5.32 Å². The van der Waals surface area contributed by atoms with E-state index in [0.29, 0.717) is 0 Å². The maximum atomic E-state index is 12.7. The van der Waals surface area contributed by atoms with Crippen LogP contribution in [0.15, 0.2) is 29.2 Å². The summed E-state index contributed by atoms with van der Waals surface area (Å²) >= 11 is 5.21. The third-order valence-corrected chi connectivity index (χ3v) is 2.67. The molecule has 1 aromatic rings. The number of rotatable bonds is 3. The van der Waals surface area contributed by atoms with Crippen molar-refractivity contribution in [2.24, 2.45) is 0 Å². The Kier molecular flexibility index (Phi) is 3.65. The Labute approximate surface area is 91.3 Å². The summed E-state index contributed by atoms with van der Waals surface area (Å²) in [6, 6.07) is 5.15. The number of para-hydroxylation sites is 1. The van der Waals surface area contributed by atoms with Crippen molar-refractivity contribution in [2.45, 2.75) is 4.90 Å². The summed E-state index contributed by atoms with van der Waals surface area (Å²) in [5.74, 6) is -0.937. The van der Waals surface area contributed by atoms with Gasteiger partial charge in [-0.1, -0.05) is 12.1 Å². The summed E-state index contributed by atoms with van der Waals surface area (Å²) in [4.78, 5) is 10.3. The SMILES string of the molecule is O=C(CCl)Nc1ccccc1S(=O)(=O)F. The van der Waals surface area contributed by atoms with E-state index in [9.17, 15) is 17.1 Å². The van der Waals surface area contributed by atoms with Gasteiger partial charge < -0.3 is 5.32 Å². The average molecular weight is 252 g/mol. The van der Waals surface area contributed by atoms with Crippen molar-refractivity contribution in [1.82, 2.24) is 0 Å². The molecule has 4 nitrogen and oxygen atoms in total. The van der Waals surface area contributed by atoms with Crippen LogP contribution in [0, 0.1) is 0 Å². The number of anilines is 1. The molecule has 0 spiro atoms. The minimum absolute atomic E-state index is 0.120. The molecule has 0 unspecified atom stereocenters. The second kappa shape index (κ2) is 4.59. The van der Waals surface area contributed by atoms with Crippen LogP contribution in [0.1, 0.15) is 0 Å². The first-order valence-electron chi connectivity index (χ1n) is 3.84. The van der Waals surface area contributed by atoms with Gasteiger partial charge in [0.25, 0.3) is 0 Å². The minimum Gasteiger partial charge on any atom is -0.324 e. The van der Waals surface area contributed by atoms with Gasteiger partial charge in [0.05, 0.1) is 5.69 Å². The van der Waals surface area contributed by atoms with Gasteiger partial charge in [-0.15, -0.1) is 15.5 Å². The number of nitrogens with one attached hydrogen (secondary N) is 1. The summed E-state index contributed by atoms with van der Waals surface area (Å²) in [6.45, 7) is 0. The largest absolute Gasteiger partial charge is 0.334 e. The smallest absolute Gasteiger partial charge is 0.324 e. The van der Waals surface area contributed by atoms with Crippen molar-refractivity contribution in [3.63, 3.8) is 0 Å². The van der Waals surface area contributed by atoms with E-state index in [1.54, 1.807) is 0 Å². The summed E-state index contributed by atoms with van der Waals surface area (Å²) in [5, 5.41) is 2.18. The highest BCUT2D eigenvalue weighted by Gasteiger charge is 2.17. The van der Waals surface area contributed by atoms with Crippen LogP contribution in [0.4, 0.5) is 9.57 Å². The first-order chi connectivity index (χ1) is 6.95. The molecule has 0 bridgehead atoms. The molecule has 0 atom stereocenters. The lowest BCUT2D eigenvalue weighted by molar-refractivity contribution is -0.113. The lowest BCUT2D eigenvalue weighted by Gasteiger charge is -2.06. The molecule has 0 saturated heterocycles. The number of amides is 1. The molecule has 15 heavy (non-hydrogen) atoms. The van der Waals surface area contributed by atoms with Crippen LogP contribution >= 0.6 is 11.6 Å². The van der Waals surface area contributed by atoms with E-state index in [1.807, 2.05) is 0 Å². The molecule has 1 amide bonds. The zero-order chi connectivity index (χ0) is 11.5. The van der Waals surface area contributed by atoms with Gasteiger partial charge in [-0.3, -0.25) is 4.79 Å². The predicted molar refractivity (Wildman–Crippen MR) is 54.1 cm³/mol. The van der Waals surface area contributed by atoms with Gasteiger partial charge in [0.1, 0.15) is 10.8 Å². The normalized spacial score (nSPS) is 11.1. The highest BCUT2D eigenvalue weighted by Crippen LogP contribution is 2.22. The zero-order valence-corrected chi connectivity index (χ0v) is 8.98. The molecule has 1 aromatic carbocycles. The number of benzene rings is 1. The first kappa shape index (κ1) is 11.9. The van der Waals surface area contributed by atoms with E-state index >= 15 is 0 Å². The summed E-state index contributed by atoms with van der Waals surface area (Å²) in [6.07, 6.45) is 0. The van der Waals surface area contributed by atoms with Crippen molar-refractivity contribution >= 4 is 33.4 Å². The van der Waals surface area contributed by atoms with Crippen molar-refractivity contribution in [3.05, 3.63) is 24.3 Å². The summed E-state index contributed by atoms with van der Waals surface area (Å²) in [7, 11) is -4.85. The van der Waals surface area contributed by atoms with Gasteiger partial charge in [0, 0.05) is 0 Å². The van der Waals surface area contributed by atoms with Crippen LogP contribution in [0.25, 0.3) is 0 Å². The summed E-state index contributed by atoms with van der Waals surface area (Å²) < 4.78 is 34.1. The Hall–Kier alpha value is -1.14. The van der Waals surface area contributed by atoms with E-state index in [0.717, 1.165) is 6.07 Å². The molecule has 0 saturated carbocycles. The predicted octanol–water partition coefficient (Wildman–Crippen LogP) is 1.52. The maximum Gasteiger partial charge on any atom is 0.334 e. The highest BCUT2D eigenvalue weighted by atomic mass is 35.5. The molecule has 1 N–H and O–H groups in total. The fourth-order valence-electron chi connectivity index (χ4n) is 0.966. The van der Waals surface area contributed by atoms with Crippen molar-refractivity contribution < 1.29 is 17.1 Å². The Balaban J connectivity index is 3.13. The average Bonchev–Trinajstić information content (AvgIpc) is 2.17. The van der Waals surface area contributed by atoms with Gasteiger partial charge in [0.15, 0.2) is 0 Å². The molecule has 0 aliphatic rings. The molecular weight excluding hydrogens is 245 g/mol. The van der Waals surface area contributed by atoms with Gasteiger partial charge in [0.2, 0.25) is 5.91 Å². The van der Waals surface area contributed by atoms with Crippen LogP contribution in [0.3, 0.4) is 0 Å². The molecule has 0 aromatic heterocycles. The van der Waals surface area contributed by atoms with Crippen LogP contribution in [0.5, 0.6) is 0 Å². The monoisotopic (exact) mass is 251 g/mol. The fourth-order valence-corrected chi connectivity index (χ4v) is 1.66. The lowest BCUT2D eigenvalue weighted by atomic mass is 10.3. The Morgan fingerprint density at radius 1 is 1.40 bits per heavy atom. The zero-order valence-electron chi connectivity index (χ0n) is 7.41. The molecule has 7 heteroatoms. The maximum absolute atomic E-state index is 12.7. The van der Waals surface area contributed by atoms with Gasteiger partial charge in [-0.25, -0.2) is 0 Å². The number of hydrogen-bond donors (Lipinski definition) is 1. The van der Waals surface area contributed by atoms with Crippen molar-refractivity contribution in [2.75, 3.05) is 11.2 Å². The van der Waals surface area contributed by atoms with E-state index in [4.69, 9.17) is 11.6 Å². The second-order valence-corrected chi connectivity index (χ2v) is 4.20. The minimum atomic E-state index is -4.85. The van der Waals surface area contributed by atoms with Gasteiger partial charge >= 0.3 is 10.2 Å². The first-order valence-corrected chi connectivity index (χ1v) is 5.76. The second-order valence-electron chi connectivity index (χ2n) is 2.62. The molecule has 82 valence electrons. The van der Waals surface area contributed by atoms with Crippen LogP contribution < -0.4 is 5.32 Å². The van der Waals surface area contributed by atoms with E-state index < -0.39 is 21.0 Å². The van der Waals surface area contributed by atoms with Crippen molar-refractivity contribution in [3.8, 4) is 0 Å². The van der Waals surface area contributed by atoms with E-state index in [-0.39, 0.29) is 11.6 Å². The fraction of sp³-hybridized carbons (Fsp3) is 0.125. The number of alkyl halides is 1. The number of halogens is 2. The molecule has 1 rings (SSSR count). The Bertz CT molecular complexity index is 475. The van der Waals surface area contributed by atoms with Crippen LogP contribution in [0.2, 0.25) is 0 Å². The molecule has 0 aliphatic heterocycles. The Morgan fingerprint density at radius 2 is 2.00 bits per heavy atom. The lowest BCUT2D eigenvalue weighted by Crippen LogP contribution is -2.14. The molecule has 0 radical (unpaired) electrons. The summed E-state index contributed by atoms with van der Waals surface area (Å²) in [5.41, 5.74) is -0.120. The van der Waals surface area contributed by atoms with Gasteiger partial charge in [-0.05, 0) is 12.1 Å². The van der Waals surface area contributed by atoms with E-state index in [1.165, 1.54) is 18.2 Å².